The molecule has 2 rings (SSSR count). The smallest absolute Gasteiger partial charge is 0.191 e. The maximum Gasteiger partial charge on any atom is 0.191 e. The fraction of sp³-hybridized carbons (Fsp3) is 0.250. The summed E-state index contributed by atoms with van der Waals surface area (Å²) in [5, 5.41) is 2.65. The Hall–Kier alpha value is -1.35. The molecule has 0 fully saturated rings. The standard InChI is InChI=1S/C12H12O2S/c1-3-14-9-4-5-11-10(6-9)12(13)8(2)7-15-11/h4-7H,3H2,1-2H3. The molecule has 1 aromatic carbocycles. The van der Waals surface area contributed by atoms with Gasteiger partial charge in [-0.2, -0.15) is 0 Å². The van der Waals surface area contributed by atoms with Gasteiger partial charge >= 0.3 is 0 Å². The summed E-state index contributed by atoms with van der Waals surface area (Å²) >= 11 is 1.59. The predicted molar refractivity (Wildman–Crippen MR) is 64.0 cm³/mol. The zero-order chi connectivity index (χ0) is 10.8. The number of hydrogen-bond donors (Lipinski definition) is 0. The minimum absolute atomic E-state index is 0.102. The summed E-state index contributed by atoms with van der Waals surface area (Å²) in [7, 11) is 0. The van der Waals surface area contributed by atoms with Crippen LogP contribution < -0.4 is 10.2 Å². The molecule has 0 N–H and O–H groups in total. The molecule has 2 nitrogen and oxygen atoms in total. The molecule has 0 radical (unpaired) electrons. The molecule has 0 saturated heterocycles. The lowest BCUT2D eigenvalue weighted by Gasteiger charge is -2.03. The maximum absolute atomic E-state index is 11.8. The van der Waals surface area contributed by atoms with Crippen molar-refractivity contribution in [2.75, 3.05) is 6.61 Å². The second kappa shape index (κ2) is 4.03. The van der Waals surface area contributed by atoms with Crippen molar-refractivity contribution >= 4 is 21.4 Å². The monoisotopic (exact) mass is 220 g/mol. The lowest BCUT2D eigenvalue weighted by molar-refractivity contribution is 0.341. The van der Waals surface area contributed by atoms with Crippen LogP contribution in [0.15, 0.2) is 28.4 Å². The number of rotatable bonds is 2. The highest BCUT2D eigenvalue weighted by molar-refractivity contribution is 7.16. The quantitative estimate of drug-likeness (QED) is 0.777. The van der Waals surface area contributed by atoms with Crippen LogP contribution in [0.2, 0.25) is 0 Å². The Kier molecular flexibility index (Phi) is 2.73. The summed E-state index contributed by atoms with van der Waals surface area (Å²) in [6.45, 7) is 4.39. The van der Waals surface area contributed by atoms with Gasteiger partial charge in [0.2, 0.25) is 0 Å². The normalized spacial score (nSPS) is 10.5. The van der Waals surface area contributed by atoms with Gasteiger partial charge < -0.3 is 4.74 Å². The second-order valence-corrected chi connectivity index (χ2v) is 4.25. The molecule has 78 valence electrons. The fourth-order valence-electron chi connectivity index (χ4n) is 1.46. The molecule has 0 amide bonds. The van der Waals surface area contributed by atoms with E-state index in [-0.39, 0.29) is 5.43 Å². The largest absolute Gasteiger partial charge is 0.494 e. The van der Waals surface area contributed by atoms with E-state index in [2.05, 4.69) is 0 Å². The fourth-order valence-corrected chi connectivity index (χ4v) is 2.30. The summed E-state index contributed by atoms with van der Waals surface area (Å²) in [4.78, 5) is 11.8. The highest BCUT2D eigenvalue weighted by atomic mass is 32.1. The van der Waals surface area contributed by atoms with Gasteiger partial charge in [-0.3, -0.25) is 4.79 Å². The van der Waals surface area contributed by atoms with Crippen LogP contribution in [0, 0.1) is 6.92 Å². The Bertz CT molecular complexity index is 543. The minimum Gasteiger partial charge on any atom is -0.494 e. The molecular formula is C12H12O2S. The lowest BCUT2D eigenvalue weighted by Crippen LogP contribution is -2.03. The molecule has 15 heavy (non-hydrogen) atoms. The third-order valence-corrected chi connectivity index (χ3v) is 3.31. The number of ether oxygens (including phenoxy) is 1. The van der Waals surface area contributed by atoms with Crippen molar-refractivity contribution in [2.24, 2.45) is 0 Å². The number of aryl methyl sites for hydroxylation is 1. The molecule has 0 bridgehead atoms. The van der Waals surface area contributed by atoms with Crippen LogP contribution in [0.5, 0.6) is 5.75 Å². The van der Waals surface area contributed by atoms with Gasteiger partial charge in [-0.1, -0.05) is 0 Å². The first-order valence-electron chi connectivity index (χ1n) is 4.87. The maximum atomic E-state index is 11.8. The van der Waals surface area contributed by atoms with Gasteiger partial charge in [-0.15, -0.1) is 11.3 Å². The molecular weight excluding hydrogens is 208 g/mol. The van der Waals surface area contributed by atoms with Gasteiger partial charge in [0, 0.05) is 15.6 Å². The second-order valence-electron chi connectivity index (χ2n) is 3.34. The first kappa shape index (κ1) is 10.2. The molecule has 0 aliphatic rings. The van der Waals surface area contributed by atoms with Crippen LogP contribution in [-0.4, -0.2) is 6.61 Å². The molecule has 3 heteroatoms. The van der Waals surface area contributed by atoms with Crippen LogP contribution in [0.25, 0.3) is 10.1 Å². The number of fused-ring (bicyclic) bond motifs is 1. The Labute approximate surface area is 92.1 Å². The van der Waals surface area contributed by atoms with Crippen molar-refractivity contribution in [3.8, 4) is 5.75 Å². The van der Waals surface area contributed by atoms with Crippen molar-refractivity contribution in [1.82, 2.24) is 0 Å². The number of hydrogen-bond acceptors (Lipinski definition) is 3. The Morgan fingerprint density at radius 2 is 2.20 bits per heavy atom. The zero-order valence-electron chi connectivity index (χ0n) is 8.74. The highest BCUT2D eigenvalue weighted by Crippen LogP contribution is 2.21. The van der Waals surface area contributed by atoms with Crippen molar-refractivity contribution in [2.45, 2.75) is 13.8 Å². The first-order valence-corrected chi connectivity index (χ1v) is 5.75. The molecule has 1 heterocycles. The minimum atomic E-state index is 0.102. The third kappa shape index (κ3) is 1.88. The van der Waals surface area contributed by atoms with Crippen LogP contribution in [0.4, 0.5) is 0 Å². The predicted octanol–water partition coefficient (Wildman–Crippen LogP) is 2.97. The Balaban J connectivity index is 2.68. The average Bonchev–Trinajstić information content (AvgIpc) is 2.25. The van der Waals surface area contributed by atoms with Gasteiger partial charge in [0.15, 0.2) is 5.43 Å². The van der Waals surface area contributed by atoms with E-state index in [0.29, 0.717) is 6.61 Å². The first-order chi connectivity index (χ1) is 7.22. The molecule has 1 aromatic heterocycles. The summed E-state index contributed by atoms with van der Waals surface area (Å²) in [6, 6.07) is 5.66. The topological polar surface area (TPSA) is 26.3 Å². The summed E-state index contributed by atoms with van der Waals surface area (Å²) in [5.74, 6) is 0.764. The summed E-state index contributed by atoms with van der Waals surface area (Å²) in [5.41, 5.74) is 0.895. The van der Waals surface area contributed by atoms with Crippen LogP contribution in [-0.2, 0) is 0 Å². The van der Waals surface area contributed by atoms with Crippen LogP contribution >= 0.6 is 11.3 Å². The van der Waals surface area contributed by atoms with E-state index in [9.17, 15) is 4.79 Å². The van der Waals surface area contributed by atoms with Crippen LogP contribution in [0.3, 0.4) is 0 Å². The van der Waals surface area contributed by atoms with Crippen molar-refractivity contribution in [1.29, 1.82) is 0 Å². The highest BCUT2D eigenvalue weighted by Gasteiger charge is 2.03. The molecule has 2 aromatic rings. The van der Waals surface area contributed by atoms with E-state index in [0.717, 1.165) is 21.4 Å². The van der Waals surface area contributed by atoms with Crippen LogP contribution in [0.1, 0.15) is 12.5 Å². The Morgan fingerprint density at radius 3 is 2.93 bits per heavy atom. The van der Waals surface area contributed by atoms with Gasteiger partial charge in [-0.05, 0) is 37.4 Å². The SMILES string of the molecule is CCOc1ccc2scc(C)c(=O)c2c1. The van der Waals surface area contributed by atoms with E-state index in [4.69, 9.17) is 4.74 Å². The van der Waals surface area contributed by atoms with E-state index in [1.807, 2.05) is 37.4 Å². The Morgan fingerprint density at radius 1 is 1.40 bits per heavy atom. The van der Waals surface area contributed by atoms with Gasteiger partial charge in [0.25, 0.3) is 0 Å². The van der Waals surface area contributed by atoms with Crippen molar-refractivity contribution < 1.29 is 4.74 Å². The van der Waals surface area contributed by atoms with Gasteiger partial charge in [0.1, 0.15) is 5.75 Å². The molecule has 0 unspecified atom stereocenters. The molecule has 0 spiro atoms. The number of benzene rings is 1. The summed E-state index contributed by atoms with van der Waals surface area (Å²) in [6.07, 6.45) is 0. The van der Waals surface area contributed by atoms with Gasteiger partial charge in [-0.25, -0.2) is 0 Å². The lowest BCUT2D eigenvalue weighted by atomic mass is 10.2. The molecule has 0 atom stereocenters. The summed E-state index contributed by atoms with van der Waals surface area (Å²) < 4.78 is 6.38. The van der Waals surface area contributed by atoms with E-state index in [1.54, 1.807) is 11.3 Å². The zero-order valence-corrected chi connectivity index (χ0v) is 9.56. The van der Waals surface area contributed by atoms with Crippen molar-refractivity contribution in [3.63, 3.8) is 0 Å². The third-order valence-electron chi connectivity index (χ3n) is 2.23. The van der Waals surface area contributed by atoms with Crippen molar-refractivity contribution in [3.05, 3.63) is 39.4 Å². The van der Waals surface area contributed by atoms with E-state index >= 15 is 0 Å². The molecule has 0 saturated carbocycles. The molecule has 0 aliphatic heterocycles. The van der Waals surface area contributed by atoms with Gasteiger partial charge in [0.05, 0.1) is 6.61 Å². The van der Waals surface area contributed by atoms with E-state index < -0.39 is 0 Å². The average molecular weight is 220 g/mol. The molecule has 0 aliphatic carbocycles. The van der Waals surface area contributed by atoms with E-state index in [1.165, 1.54) is 0 Å².